The van der Waals surface area contributed by atoms with Gasteiger partial charge in [0.25, 0.3) is 0 Å². The fraction of sp³-hybridized carbons (Fsp3) is 0.100. The Labute approximate surface area is 98.9 Å². The number of rotatable bonds is 1. The molecule has 2 rings (SSSR count). The molecule has 0 aliphatic carbocycles. The molecule has 1 aromatic heterocycles. The summed E-state index contributed by atoms with van der Waals surface area (Å²) in [4.78, 5) is 1.17. The fourth-order valence-corrected chi connectivity index (χ4v) is 3.61. The Hall–Kier alpha value is -0.500. The van der Waals surface area contributed by atoms with E-state index in [4.69, 9.17) is 5.26 Å². The highest BCUT2D eigenvalue weighted by molar-refractivity contribution is 9.11. The normalized spacial score (nSPS) is 10.4. The SMILES string of the molecule is CSc1cc(C#N)cc2sc(Br)cc12. The van der Waals surface area contributed by atoms with E-state index in [1.807, 2.05) is 18.4 Å². The van der Waals surface area contributed by atoms with Crippen molar-refractivity contribution in [3.63, 3.8) is 0 Å². The fourth-order valence-electron chi connectivity index (χ4n) is 1.31. The first-order valence-corrected chi connectivity index (χ1v) is 6.75. The van der Waals surface area contributed by atoms with Crippen molar-refractivity contribution in [1.82, 2.24) is 0 Å². The molecule has 70 valence electrons. The lowest BCUT2D eigenvalue weighted by atomic mass is 10.2. The lowest BCUT2D eigenvalue weighted by molar-refractivity contribution is 1.46. The molecule has 1 heterocycles. The summed E-state index contributed by atoms with van der Waals surface area (Å²) in [6.45, 7) is 0. The van der Waals surface area contributed by atoms with Gasteiger partial charge in [-0.15, -0.1) is 23.1 Å². The second-order valence-corrected chi connectivity index (χ2v) is 6.06. The minimum Gasteiger partial charge on any atom is -0.192 e. The smallest absolute Gasteiger partial charge is 0.0992 e. The molecule has 0 unspecified atom stereocenters. The average Bonchev–Trinajstić information content (AvgIpc) is 2.56. The molecule has 0 aliphatic rings. The summed E-state index contributed by atoms with van der Waals surface area (Å²) in [5, 5.41) is 10.1. The highest BCUT2D eigenvalue weighted by Crippen LogP contribution is 2.36. The number of halogens is 1. The highest BCUT2D eigenvalue weighted by atomic mass is 79.9. The maximum Gasteiger partial charge on any atom is 0.0992 e. The molecule has 1 aromatic carbocycles. The Bertz CT molecular complexity index is 525. The molecular weight excluding hydrogens is 278 g/mol. The zero-order chi connectivity index (χ0) is 10.1. The van der Waals surface area contributed by atoms with Gasteiger partial charge in [-0.05, 0) is 40.4 Å². The van der Waals surface area contributed by atoms with E-state index in [1.54, 1.807) is 23.1 Å². The summed E-state index contributed by atoms with van der Waals surface area (Å²) in [6, 6.07) is 8.16. The molecule has 0 atom stereocenters. The molecule has 4 heteroatoms. The first-order chi connectivity index (χ1) is 6.74. The van der Waals surface area contributed by atoms with Crippen LogP contribution in [0, 0.1) is 11.3 Å². The van der Waals surface area contributed by atoms with Gasteiger partial charge in [0, 0.05) is 15.0 Å². The molecule has 0 amide bonds. The van der Waals surface area contributed by atoms with Crippen molar-refractivity contribution >= 4 is 49.1 Å². The predicted octanol–water partition coefficient (Wildman–Crippen LogP) is 4.26. The first-order valence-electron chi connectivity index (χ1n) is 3.92. The van der Waals surface area contributed by atoms with Crippen LogP contribution in [-0.2, 0) is 0 Å². The summed E-state index contributed by atoms with van der Waals surface area (Å²) in [5.74, 6) is 0. The van der Waals surface area contributed by atoms with Crippen LogP contribution in [-0.4, -0.2) is 6.26 Å². The van der Waals surface area contributed by atoms with Crippen molar-refractivity contribution in [2.24, 2.45) is 0 Å². The van der Waals surface area contributed by atoms with Crippen LogP contribution in [0.25, 0.3) is 10.1 Å². The number of thioether (sulfide) groups is 1. The molecule has 0 saturated heterocycles. The minimum atomic E-state index is 0.733. The van der Waals surface area contributed by atoms with E-state index < -0.39 is 0 Å². The van der Waals surface area contributed by atoms with Crippen molar-refractivity contribution in [2.75, 3.05) is 6.26 Å². The molecule has 2 aromatic rings. The van der Waals surface area contributed by atoms with Crippen molar-refractivity contribution in [3.8, 4) is 6.07 Å². The van der Waals surface area contributed by atoms with Crippen LogP contribution >= 0.6 is 39.0 Å². The summed E-state index contributed by atoms with van der Waals surface area (Å²) in [6.07, 6.45) is 2.03. The van der Waals surface area contributed by atoms with Gasteiger partial charge in [0.1, 0.15) is 0 Å². The van der Waals surface area contributed by atoms with Gasteiger partial charge in [0.2, 0.25) is 0 Å². The monoisotopic (exact) mass is 283 g/mol. The summed E-state index contributed by atoms with van der Waals surface area (Å²) < 4.78 is 2.28. The number of benzene rings is 1. The molecule has 0 fully saturated rings. The number of hydrogen-bond acceptors (Lipinski definition) is 3. The maximum atomic E-state index is 8.86. The van der Waals surface area contributed by atoms with Crippen LogP contribution in [0.15, 0.2) is 26.9 Å². The number of thiophene rings is 1. The van der Waals surface area contributed by atoms with E-state index in [-0.39, 0.29) is 0 Å². The molecule has 0 spiro atoms. The van der Waals surface area contributed by atoms with Gasteiger partial charge < -0.3 is 0 Å². The zero-order valence-electron chi connectivity index (χ0n) is 7.37. The molecular formula is C10H6BrNS2. The largest absolute Gasteiger partial charge is 0.192 e. The van der Waals surface area contributed by atoms with Gasteiger partial charge in [-0.1, -0.05) is 0 Å². The minimum absolute atomic E-state index is 0.733. The Balaban J connectivity index is 2.80. The Morgan fingerprint density at radius 1 is 1.43 bits per heavy atom. The summed E-state index contributed by atoms with van der Waals surface area (Å²) in [7, 11) is 0. The third kappa shape index (κ3) is 1.68. The van der Waals surface area contributed by atoms with Crippen LogP contribution in [0.3, 0.4) is 0 Å². The van der Waals surface area contributed by atoms with E-state index in [2.05, 4.69) is 28.1 Å². The highest BCUT2D eigenvalue weighted by Gasteiger charge is 2.06. The second kappa shape index (κ2) is 3.93. The van der Waals surface area contributed by atoms with Crippen LogP contribution < -0.4 is 0 Å². The van der Waals surface area contributed by atoms with E-state index in [1.165, 1.54) is 15.0 Å². The molecule has 0 aliphatic heterocycles. The molecule has 1 nitrogen and oxygen atoms in total. The number of fused-ring (bicyclic) bond motifs is 1. The Morgan fingerprint density at radius 2 is 2.21 bits per heavy atom. The van der Waals surface area contributed by atoms with Gasteiger partial charge in [0.15, 0.2) is 0 Å². The first kappa shape index (κ1) is 10.0. The standard InChI is InChI=1S/C10H6BrNS2/c1-13-8-2-6(5-12)3-9-7(8)4-10(11)14-9/h2-4H,1H3. The molecule has 0 saturated carbocycles. The van der Waals surface area contributed by atoms with Crippen LogP contribution in [0.5, 0.6) is 0 Å². The third-order valence-corrected chi connectivity index (χ3v) is 4.28. The van der Waals surface area contributed by atoms with Crippen molar-refractivity contribution in [2.45, 2.75) is 4.90 Å². The lowest BCUT2D eigenvalue weighted by Gasteiger charge is -1.98. The van der Waals surface area contributed by atoms with Gasteiger partial charge in [-0.25, -0.2) is 0 Å². The molecule has 0 radical (unpaired) electrons. The molecule has 14 heavy (non-hydrogen) atoms. The number of hydrogen-bond donors (Lipinski definition) is 0. The van der Waals surface area contributed by atoms with Crippen LogP contribution in [0.1, 0.15) is 5.56 Å². The topological polar surface area (TPSA) is 23.8 Å². The van der Waals surface area contributed by atoms with E-state index in [0.717, 1.165) is 9.35 Å². The van der Waals surface area contributed by atoms with Crippen molar-refractivity contribution < 1.29 is 0 Å². The van der Waals surface area contributed by atoms with Gasteiger partial charge in [-0.3, -0.25) is 0 Å². The zero-order valence-corrected chi connectivity index (χ0v) is 10.6. The van der Waals surface area contributed by atoms with Crippen molar-refractivity contribution in [3.05, 3.63) is 27.5 Å². The van der Waals surface area contributed by atoms with Gasteiger partial charge >= 0.3 is 0 Å². The molecule has 0 N–H and O–H groups in total. The molecule has 0 bridgehead atoms. The second-order valence-electron chi connectivity index (χ2n) is 2.75. The Morgan fingerprint density at radius 3 is 2.86 bits per heavy atom. The van der Waals surface area contributed by atoms with Crippen molar-refractivity contribution in [1.29, 1.82) is 5.26 Å². The van der Waals surface area contributed by atoms with Gasteiger partial charge in [0.05, 0.1) is 15.4 Å². The van der Waals surface area contributed by atoms with Crippen LogP contribution in [0.4, 0.5) is 0 Å². The summed E-state index contributed by atoms with van der Waals surface area (Å²) in [5.41, 5.74) is 0.733. The maximum absolute atomic E-state index is 8.86. The number of nitriles is 1. The average molecular weight is 284 g/mol. The van der Waals surface area contributed by atoms with E-state index in [0.29, 0.717) is 0 Å². The van der Waals surface area contributed by atoms with Gasteiger partial charge in [-0.2, -0.15) is 5.26 Å². The third-order valence-electron chi connectivity index (χ3n) is 1.92. The predicted molar refractivity (Wildman–Crippen MR) is 66.0 cm³/mol. The quantitative estimate of drug-likeness (QED) is 0.731. The van der Waals surface area contributed by atoms with E-state index >= 15 is 0 Å². The Kier molecular flexibility index (Phi) is 2.82. The lowest BCUT2D eigenvalue weighted by Crippen LogP contribution is -1.76. The number of nitrogens with zero attached hydrogens (tertiary/aromatic N) is 1. The summed E-state index contributed by atoms with van der Waals surface area (Å²) >= 11 is 6.80. The van der Waals surface area contributed by atoms with E-state index in [9.17, 15) is 0 Å². The van der Waals surface area contributed by atoms with Crippen LogP contribution in [0.2, 0.25) is 0 Å².